The van der Waals surface area contributed by atoms with Gasteiger partial charge < -0.3 is 5.32 Å². The van der Waals surface area contributed by atoms with Crippen molar-refractivity contribution < 1.29 is 9.59 Å². The number of nitrogens with one attached hydrogen (secondary N) is 1. The van der Waals surface area contributed by atoms with Gasteiger partial charge in [-0.1, -0.05) is 54.9 Å². The highest BCUT2D eigenvalue weighted by molar-refractivity contribution is 9.10. The van der Waals surface area contributed by atoms with Crippen LogP contribution in [-0.2, 0) is 9.59 Å². The van der Waals surface area contributed by atoms with Gasteiger partial charge in [0.2, 0.25) is 11.8 Å². The van der Waals surface area contributed by atoms with Crippen LogP contribution in [0.15, 0.2) is 64.1 Å². The minimum atomic E-state index is -0.444. The quantitative estimate of drug-likeness (QED) is 0.638. The summed E-state index contributed by atoms with van der Waals surface area (Å²) in [6.07, 6.45) is 4.38. The Morgan fingerprint density at radius 2 is 1.79 bits per heavy atom. The predicted molar refractivity (Wildman–Crippen MR) is 121 cm³/mol. The monoisotopic (exact) mass is 471 g/mol. The van der Waals surface area contributed by atoms with Crippen molar-refractivity contribution in [1.82, 2.24) is 4.90 Å². The summed E-state index contributed by atoms with van der Waals surface area (Å²) in [6, 6.07) is 17.3. The van der Waals surface area contributed by atoms with E-state index in [-0.39, 0.29) is 24.3 Å². The molecule has 1 saturated carbocycles. The van der Waals surface area contributed by atoms with Gasteiger partial charge in [0.1, 0.15) is 5.25 Å². The average molecular weight is 472 g/mol. The maximum atomic E-state index is 13.2. The van der Waals surface area contributed by atoms with Crippen LogP contribution in [0.1, 0.15) is 32.1 Å². The van der Waals surface area contributed by atoms with E-state index in [0.717, 1.165) is 35.8 Å². The number of nitrogens with zero attached hydrogens (tertiary/aromatic N) is 2. The molecule has 1 aliphatic carbocycles. The zero-order valence-electron chi connectivity index (χ0n) is 15.9. The molecular formula is C22H22BrN3O2S. The van der Waals surface area contributed by atoms with E-state index in [4.69, 9.17) is 4.99 Å². The Labute approximate surface area is 183 Å². The van der Waals surface area contributed by atoms with Crippen molar-refractivity contribution in [2.75, 3.05) is 5.32 Å². The molecule has 0 radical (unpaired) electrons. The lowest BCUT2D eigenvalue weighted by molar-refractivity contribution is -0.129. The van der Waals surface area contributed by atoms with E-state index in [9.17, 15) is 9.59 Å². The number of carbonyl (C=O) groups excluding carboxylic acids is 2. The Hall–Kier alpha value is -2.12. The Morgan fingerprint density at radius 1 is 1.10 bits per heavy atom. The minimum Gasteiger partial charge on any atom is -0.325 e. The third-order valence-electron chi connectivity index (χ3n) is 5.16. The number of benzene rings is 2. The number of anilines is 1. The Kier molecular flexibility index (Phi) is 6.35. The number of hydrogen-bond donors (Lipinski definition) is 1. The molecule has 1 aliphatic heterocycles. The second-order valence-corrected chi connectivity index (χ2v) is 9.24. The fourth-order valence-corrected chi connectivity index (χ4v) is 5.33. The summed E-state index contributed by atoms with van der Waals surface area (Å²) in [4.78, 5) is 32.4. The summed E-state index contributed by atoms with van der Waals surface area (Å²) in [5.74, 6) is -0.172. The summed E-state index contributed by atoms with van der Waals surface area (Å²) in [5, 5.41) is 3.17. The van der Waals surface area contributed by atoms with Crippen LogP contribution in [0.2, 0.25) is 0 Å². The molecule has 1 unspecified atom stereocenters. The summed E-state index contributed by atoms with van der Waals surface area (Å²) < 4.78 is 0.817. The van der Waals surface area contributed by atoms with E-state index in [1.54, 1.807) is 0 Å². The van der Waals surface area contributed by atoms with Crippen molar-refractivity contribution in [3.05, 3.63) is 59.1 Å². The first-order chi connectivity index (χ1) is 14.1. The molecule has 0 spiro atoms. The lowest BCUT2D eigenvalue weighted by atomic mass is 10.2. The van der Waals surface area contributed by atoms with Gasteiger partial charge in [-0.25, -0.2) is 4.99 Å². The van der Waals surface area contributed by atoms with Crippen LogP contribution in [0.25, 0.3) is 0 Å². The van der Waals surface area contributed by atoms with Gasteiger partial charge in [0.25, 0.3) is 0 Å². The SMILES string of the molecule is O=C(CC1SC(=Nc2ccccc2)N(C2CCCC2)C1=O)Nc1ccccc1Br. The van der Waals surface area contributed by atoms with Gasteiger partial charge in [0.05, 0.1) is 11.4 Å². The second kappa shape index (κ2) is 9.13. The summed E-state index contributed by atoms with van der Waals surface area (Å²) in [6.45, 7) is 0. The van der Waals surface area contributed by atoms with Crippen molar-refractivity contribution in [3.8, 4) is 0 Å². The lowest BCUT2D eigenvalue weighted by Gasteiger charge is -2.23. The first kappa shape index (κ1) is 20.2. The number of amides is 2. The molecule has 5 nitrogen and oxygen atoms in total. The van der Waals surface area contributed by atoms with E-state index in [0.29, 0.717) is 10.9 Å². The van der Waals surface area contributed by atoms with Gasteiger partial charge in [0.15, 0.2) is 5.17 Å². The van der Waals surface area contributed by atoms with Crippen LogP contribution < -0.4 is 5.32 Å². The molecule has 1 atom stereocenters. The number of aliphatic imine (C=N–C) groups is 1. The highest BCUT2D eigenvalue weighted by Gasteiger charge is 2.43. The van der Waals surface area contributed by atoms with Crippen LogP contribution in [0.5, 0.6) is 0 Å². The van der Waals surface area contributed by atoms with Crippen LogP contribution in [0.4, 0.5) is 11.4 Å². The summed E-state index contributed by atoms with van der Waals surface area (Å²) in [5.41, 5.74) is 1.53. The number of halogens is 1. The van der Waals surface area contributed by atoms with Crippen LogP contribution in [0, 0.1) is 0 Å². The third-order valence-corrected chi connectivity index (χ3v) is 7.00. The van der Waals surface area contributed by atoms with Gasteiger partial charge >= 0.3 is 0 Å². The molecule has 2 aromatic carbocycles. The molecular weight excluding hydrogens is 450 g/mol. The van der Waals surface area contributed by atoms with Crippen LogP contribution in [0.3, 0.4) is 0 Å². The largest absolute Gasteiger partial charge is 0.325 e. The molecule has 2 fully saturated rings. The van der Waals surface area contributed by atoms with Crippen molar-refractivity contribution in [2.24, 2.45) is 4.99 Å². The zero-order valence-corrected chi connectivity index (χ0v) is 18.3. The normalized spacial score (nSPS) is 21.1. The fraction of sp³-hybridized carbons (Fsp3) is 0.318. The molecule has 0 aromatic heterocycles. The maximum absolute atomic E-state index is 13.2. The molecule has 7 heteroatoms. The molecule has 1 heterocycles. The number of hydrogen-bond acceptors (Lipinski definition) is 4. The van der Waals surface area contributed by atoms with E-state index < -0.39 is 5.25 Å². The molecule has 4 rings (SSSR count). The Bertz CT molecular complexity index is 929. The molecule has 2 aromatic rings. The van der Waals surface area contributed by atoms with Gasteiger partial charge in [-0.2, -0.15) is 0 Å². The highest BCUT2D eigenvalue weighted by Crippen LogP contribution is 2.37. The molecule has 2 amide bonds. The molecule has 150 valence electrons. The second-order valence-electron chi connectivity index (χ2n) is 7.22. The standard InChI is InChI=1S/C22H22BrN3O2S/c23-17-12-6-7-13-18(17)25-20(27)14-19-21(28)26(16-10-4-5-11-16)22(29-19)24-15-8-2-1-3-9-15/h1-3,6-9,12-13,16,19H,4-5,10-11,14H2,(H,25,27). The summed E-state index contributed by atoms with van der Waals surface area (Å²) in [7, 11) is 0. The van der Waals surface area contributed by atoms with Crippen molar-refractivity contribution in [2.45, 2.75) is 43.4 Å². The van der Waals surface area contributed by atoms with Crippen molar-refractivity contribution in [3.63, 3.8) is 0 Å². The number of para-hydroxylation sites is 2. The van der Waals surface area contributed by atoms with Crippen LogP contribution >= 0.6 is 27.7 Å². The molecule has 1 saturated heterocycles. The van der Waals surface area contributed by atoms with Gasteiger partial charge in [0, 0.05) is 16.9 Å². The zero-order chi connectivity index (χ0) is 20.2. The van der Waals surface area contributed by atoms with Crippen molar-refractivity contribution in [1.29, 1.82) is 0 Å². The van der Waals surface area contributed by atoms with Gasteiger partial charge in [-0.15, -0.1) is 0 Å². The van der Waals surface area contributed by atoms with E-state index in [1.807, 2.05) is 59.5 Å². The van der Waals surface area contributed by atoms with Crippen LogP contribution in [-0.4, -0.2) is 33.2 Å². The molecule has 29 heavy (non-hydrogen) atoms. The number of amidine groups is 1. The first-order valence-corrected chi connectivity index (χ1v) is 11.5. The number of rotatable bonds is 5. The van der Waals surface area contributed by atoms with Gasteiger partial charge in [-0.05, 0) is 53.0 Å². The third kappa shape index (κ3) is 4.73. The first-order valence-electron chi connectivity index (χ1n) is 9.79. The fourth-order valence-electron chi connectivity index (χ4n) is 3.74. The summed E-state index contributed by atoms with van der Waals surface area (Å²) >= 11 is 4.84. The Balaban J connectivity index is 1.52. The number of thioether (sulfide) groups is 1. The smallest absolute Gasteiger partial charge is 0.242 e. The lowest BCUT2D eigenvalue weighted by Crippen LogP contribution is -2.40. The average Bonchev–Trinajstić information content (AvgIpc) is 3.33. The van der Waals surface area contributed by atoms with E-state index >= 15 is 0 Å². The molecule has 2 aliphatic rings. The molecule has 1 N–H and O–H groups in total. The Morgan fingerprint density at radius 3 is 2.52 bits per heavy atom. The highest BCUT2D eigenvalue weighted by atomic mass is 79.9. The van der Waals surface area contributed by atoms with Gasteiger partial charge in [-0.3, -0.25) is 14.5 Å². The van der Waals surface area contributed by atoms with E-state index in [1.165, 1.54) is 11.8 Å². The van der Waals surface area contributed by atoms with Crippen molar-refractivity contribution >= 4 is 56.0 Å². The number of carbonyl (C=O) groups is 2. The minimum absolute atomic E-state index is 0.00106. The maximum Gasteiger partial charge on any atom is 0.242 e. The predicted octanol–water partition coefficient (Wildman–Crippen LogP) is 5.35. The topological polar surface area (TPSA) is 61.8 Å². The van der Waals surface area contributed by atoms with E-state index in [2.05, 4.69) is 21.2 Å². The molecule has 0 bridgehead atoms.